The van der Waals surface area contributed by atoms with Crippen molar-refractivity contribution in [3.05, 3.63) is 273 Å². The van der Waals surface area contributed by atoms with E-state index in [1.165, 1.54) is 11.1 Å². The molecule has 14 aromatic rings. The van der Waals surface area contributed by atoms with E-state index < -0.39 is 0 Å². The molecule has 0 radical (unpaired) electrons. The number of nitrogens with zero attached hydrogens (tertiary/aromatic N) is 5. The van der Waals surface area contributed by atoms with Gasteiger partial charge in [-0.3, -0.25) is 0 Å². The molecule has 0 aliphatic carbocycles. The predicted molar refractivity (Wildman–Crippen MR) is 313 cm³/mol. The highest BCUT2D eigenvalue weighted by Gasteiger charge is 2.21. The minimum Gasteiger partial charge on any atom is -0.228 e. The molecule has 14 rings (SSSR count). The average Bonchev–Trinajstić information content (AvgIpc) is 3.58. The summed E-state index contributed by atoms with van der Waals surface area (Å²) in [6.45, 7) is 0. The highest BCUT2D eigenvalue weighted by molar-refractivity contribution is 6.27. The largest absolute Gasteiger partial charge is 0.228 e. The van der Waals surface area contributed by atoms with Crippen LogP contribution in [0.4, 0.5) is 0 Å². The summed E-state index contributed by atoms with van der Waals surface area (Å²) in [6, 6.07) is 95.9. The summed E-state index contributed by atoms with van der Waals surface area (Å²) in [4.78, 5) is 26.6. The van der Waals surface area contributed by atoms with E-state index >= 15 is 0 Å². The first-order chi connectivity index (χ1) is 37.6. The van der Waals surface area contributed by atoms with Gasteiger partial charge < -0.3 is 0 Å². The van der Waals surface area contributed by atoms with Gasteiger partial charge in [0.2, 0.25) is 0 Å². The Morgan fingerprint density at radius 2 is 0.447 bits per heavy atom. The van der Waals surface area contributed by atoms with E-state index in [0.29, 0.717) is 23.3 Å². The first-order valence-corrected chi connectivity index (χ1v) is 25.6. The summed E-state index contributed by atoms with van der Waals surface area (Å²) in [5.74, 6) is 2.48. The predicted octanol–water partition coefficient (Wildman–Crippen LogP) is 18.2. The van der Waals surface area contributed by atoms with Crippen LogP contribution in [0, 0.1) is 0 Å². The van der Waals surface area contributed by atoms with Crippen molar-refractivity contribution in [2.24, 2.45) is 0 Å². The van der Waals surface area contributed by atoms with Crippen molar-refractivity contribution in [2.45, 2.75) is 0 Å². The molecule has 0 saturated carbocycles. The van der Waals surface area contributed by atoms with E-state index in [1.54, 1.807) is 0 Å². The van der Waals surface area contributed by atoms with Crippen LogP contribution in [0.15, 0.2) is 273 Å². The van der Waals surface area contributed by atoms with Crippen LogP contribution in [-0.4, -0.2) is 24.9 Å². The van der Waals surface area contributed by atoms with Crippen LogP contribution in [0.5, 0.6) is 0 Å². The van der Waals surface area contributed by atoms with Gasteiger partial charge in [-0.25, -0.2) is 24.9 Å². The maximum atomic E-state index is 5.40. The quantitative estimate of drug-likeness (QED) is 0.128. The monoisotopic (exact) mass is 967 g/mol. The molecule has 354 valence electrons. The molecule has 0 spiro atoms. The molecule has 2 aromatic heterocycles. The van der Waals surface area contributed by atoms with Crippen LogP contribution in [0.2, 0.25) is 0 Å². The Kier molecular flexibility index (Phi) is 11.1. The van der Waals surface area contributed by atoms with Gasteiger partial charge in [-0.1, -0.05) is 255 Å². The molecule has 0 atom stereocenters. The first-order valence-electron chi connectivity index (χ1n) is 25.6. The Morgan fingerprint density at radius 1 is 0.184 bits per heavy atom. The van der Waals surface area contributed by atoms with Gasteiger partial charge >= 0.3 is 0 Å². The molecule has 2 heterocycles. The van der Waals surface area contributed by atoms with Crippen LogP contribution in [0.3, 0.4) is 0 Å². The standard InChI is InChI=1S/C71H45N5/c1-5-13-46(14-6-1)50-21-29-54(30-22-50)64-45-65(55-31-23-51(24-32-55)47-15-7-2-8-16-47)73-70(72-64)62-43-39-56-38-42-61-63(44-40-57-37-41-60(62)66(56)67(57)61)71-75-68(58-33-25-52(26-34-58)48-17-9-3-10-18-48)74-69(76-71)59-35-27-53(28-36-59)49-19-11-4-12-20-49/h1-45H. The van der Waals surface area contributed by atoms with E-state index in [4.69, 9.17) is 24.9 Å². The van der Waals surface area contributed by atoms with Gasteiger partial charge in [0, 0.05) is 33.4 Å². The van der Waals surface area contributed by atoms with Gasteiger partial charge in [-0.2, -0.15) is 0 Å². The lowest BCUT2D eigenvalue weighted by atomic mass is 9.89. The number of hydrogen-bond donors (Lipinski definition) is 0. The maximum absolute atomic E-state index is 5.40. The van der Waals surface area contributed by atoms with E-state index in [-0.39, 0.29) is 0 Å². The van der Waals surface area contributed by atoms with Gasteiger partial charge in [0.15, 0.2) is 23.3 Å². The summed E-state index contributed by atoms with van der Waals surface area (Å²) < 4.78 is 0. The Morgan fingerprint density at radius 3 is 0.789 bits per heavy atom. The molecule has 12 aromatic carbocycles. The van der Waals surface area contributed by atoms with Crippen LogP contribution < -0.4 is 0 Å². The third-order valence-corrected chi connectivity index (χ3v) is 14.6. The molecule has 0 saturated heterocycles. The zero-order chi connectivity index (χ0) is 50.4. The Hall–Kier alpha value is -10.2. The fourth-order valence-corrected chi connectivity index (χ4v) is 10.6. The minimum absolute atomic E-state index is 0.606. The van der Waals surface area contributed by atoms with Gasteiger partial charge in [0.05, 0.1) is 11.4 Å². The van der Waals surface area contributed by atoms with E-state index in [2.05, 4.69) is 249 Å². The molecule has 0 fully saturated rings. The summed E-state index contributed by atoms with van der Waals surface area (Å²) in [5, 5.41) is 6.68. The summed E-state index contributed by atoms with van der Waals surface area (Å²) in [5.41, 5.74) is 16.7. The molecular weight excluding hydrogens is 923 g/mol. The molecule has 5 nitrogen and oxygen atoms in total. The third-order valence-electron chi connectivity index (χ3n) is 14.6. The average molecular weight is 968 g/mol. The normalized spacial score (nSPS) is 11.4. The van der Waals surface area contributed by atoms with Gasteiger partial charge in [-0.05, 0) is 95.0 Å². The molecule has 76 heavy (non-hydrogen) atoms. The third kappa shape index (κ3) is 8.32. The Bertz CT molecular complexity index is 3880. The molecule has 0 aliphatic rings. The molecule has 0 aliphatic heterocycles. The number of hydrogen-bond acceptors (Lipinski definition) is 5. The highest BCUT2D eigenvalue weighted by atomic mass is 15.0. The Balaban J connectivity index is 0.912. The van der Waals surface area contributed by atoms with Crippen LogP contribution >= 0.6 is 0 Å². The number of aromatic nitrogens is 5. The van der Waals surface area contributed by atoms with Crippen molar-refractivity contribution in [3.63, 3.8) is 0 Å². The number of benzene rings is 12. The Labute approximate surface area is 440 Å². The topological polar surface area (TPSA) is 64.5 Å². The fraction of sp³-hybridized carbons (Fsp3) is 0. The maximum Gasteiger partial charge on any atom is 0.164 e. The SMILES string of the molecule is c1ccc(-c2ccc(-c3cc(-c4ccc(-c5ccccc5)cc4)nc(-c4ccc5ccc6c(-c7nc(-c8ccc(-c9ccccc9)cc8)nc(-c8ccc(-c9ccccc9)cc8)n7)ccc7ccc4c5c76)n3)cc2)cc1. The van der Waals surface area contributed by atoms with Crippen molar-refractivity contribution in [1.82, 2.24) is 24.9 Å². The molecule has 0 amide bonds. The lowest BCUT2D eigenvalue weighted by Crippen LogP contribution is -2.01. The molecular formula is C71H45N5. The lowest BCUT2D eigenvalue weighted by Gasteiger charge is -2.17. The lowest BCUT2D eigenvalue weighted by molar-refractivity contribution is 1.08. The highest BCUT2D eigenvalue weighted by Crippen LogP contribution is 2.43. The zero-order valence-corrected chi connectivity index (χ0v) is 41.2. The second-order valence-electron chi connectivity index (χ2n) is 19.2. The van der Waals surface area contributed by atoms with E-state index in [9.17, 15) is 0 Å². The van der Waals surface area contributed by atoms with Gasteiger partial charge in [0.1, 0.15) is 0 Å². The molecule has 5 heteroatoms. The van der Waals surface area contributed by atoms with Crippen molar-refractivity contribution in [3.8, 4) is 113 Å². The molecule has 0 bridgehead atoms. The van der Waals surface area contributed by atoms with Gasteiger partial charge in [-0.15, -0.1) is 0 Å². The smallest absolute Gasteiger partial charge is 0.164 e. The van der Waals surface area contributed by atoms with Crippen molar-refractivity contribution in [2.75, 3.05) is 0 Å². The van der Waals surface area contributed by atoms with E-state index in [0.717, 1.165) is 110 Å². The molecule has 0 N–H and O–H groups in total. The second kappa shape index (κ2) is 19.0. The summed E-state index contributed by atoms with van der Waals surface area (Å²) in [6.07, 6.45) is 0. The van der Waals surface area contributed by atoms with Crippen molar-refractivity contribution in [1.29, 1.82) is 0 Å². The van der Waals surface area contributed by atoms with Crippen LogP contribution in [0.25, 0.3) is 145 Å². The summed E-state index contributed by atoms with van der Waals surface area (Å²) in [7, 11) is 0. The van der Waals surface area contributed by atoms with Crippen LogP contribution in [0.1, 0.15) is 0 Å². The van der Waals surface area contributed by atoms with Crippen molar-refractivity contribution >= 4 is 32.3 Å². The van der Waals surface area contributed by atoms with E-state index in [1.807, 2.05) is 24.3 Å². The minimum atomic E-state index is 0.606. The number of rotatable bonds is 10. The van der Waals surface area contributed by atoms with Gasteiger partial charge in [0.25, 0.3) is 0 Å². The second-order valence-corrected chi connectivity index (χ2v) is 19.2. The molecule has 0 unspecified atom stereocenters. The van der Waals surface area contributed by atoms with Crippen LogP contribution in [-0.2, 0) is 0 Å². The summed E-state index contributed by atoms with van der Waals surface area (Å²) >= 11 is 0. The van der Waals surface area contributed by atoms with Crippen molar-refractivity contribution < 1.29 is 0 Å². The zero-order valence-electron chi connectivity index (χ0n) is 41.2. The fourth-order valence-electron chi connectivity index (χ4n) is 10.6. The first kappa shape index (κ1) is 44.5.